The van der Waals surface area contributed by atoms with E-state index < -0.39 is 0 Å². The summed E-state index contributed by atoms with van der Waals surface area (Å²) in [6.07, 6.45) is 8.66. The van der Waals surface area contributed by atoms with Gasteiger partial charge in [-0.2, -0.15) is 0 Å². The number of amides is 2. The average molecular weight is 296 g/mol. The molecule has 20 heavy (non-hydrogen) atoms. The number of nitrogens with zero attached hydrogens (tertiary/aromatic N) is 1. The standard InChI is InChI=1S/C15H24N2O2S/c1-15-9-8-13(18)17(15)12(10-20-15)14(19)16-11-6-4-2-3-5-7-11/h11-12H,2-10H2,1H3,(H,16,19)/t12-,15-/m0/s1. The van der Waals surface area contributed by atoms with Gasteiger partial charge in [0.2, 0.25) is 11.8 Å². The molecule has 2 heterocycles. The van der Waals surface area contributed by atoms with E-state index in [1.54, 1.807) is 11.8 Å². The van der Waals surface area contributed by atoms with Crippen LogP contribution in [0.2, 0.25) is 0 Å². The molecule has 1 saturated carbocycles. The van der Waals surface area contributed by atoms with Gasteiger partial charge < -0.3 is 10.2 Å². The molecular formula is C15H24N2O2S. The third kappa shape index (κ3) is 2.57. The third-order valence-corrected chi connectivity index (χ3v) is 6.45. The number of hydrogen-bond donors (Lipinski definition) is 1. The first kappa shape index (κ1) is 14.2. The number of thioether (sulfide) groups is 1. The minimum absolute atomic E-state index is 0.0726. The third-order valence-electron chi connectivity index (χ3n) is 4.95. The fourth-order valence-electron chi connectivity index (χ4n) is 3.74. The predicted molar refractivity (Wildman–Crippen MR) is 80.4 cm³/mol. The predicted octanol–water partition coefficient (Wildman–Crippen LogP) is 2.28. The smallest absolute Gasteiger partial charge is 0.243 e. The molecule has 0 aromatic heterocycles. The lowest BCUT2D eigenvalue weighted by Gasteiger charge is -2.30. The number of nitrogens with one attached hydrogen (secondary N) is 1. The number of rotatable bonds is 2. The molecule has 2 aliphatic heterocycles. The second kappa shape index (κ2) is 5.58. The Labute approximate surface area is 125 Å². The van der Waals surface area contributed by atoms with Gasteiger partial charge in [0.1, 0.15) is 6.04 Å². The van der Waals surface area contributed by atoms with E-state index in [2.05, 4.69) is 12.2 Å². The fraction of sp³-hybridized carbons (Fsp3) is 0.867. The monoisotopic (exact) mass is 296 g/mol. The lowest BCUT2D eigenvalue weighted by molar-refractivity contribution is -0.138. The van der Waals surface area contributed by atoms with Crippen molar-refractivity contribution >= 4 is 23.6 Å². The highest BCUT2D eigenvalue weighted by Crippen LogP contribution is 2.47. The second-order valence-electron chi connectivity index (χ2n) is 6.46. The Kier molecular flexibility index (Phi) is 3.98. The summed E-state index contributed by atoms with van der Waals surface area (Å²) in [5.74, 6) is 0.975. The van der Waals surface area contributed by atoms with Gasteiger partial charge in [-0.3, -0.25) is 9.59 Å². The van der Waals surface area contributed by atoms with Crippen molar-refractivity contribution in [3.05, 3.63) is 0 Å². The van der Waals surface area contributed by atoms with Crippen LogP contribution in [0, 0.1) is 0 Å². The summed E-state index contributed by atoms with van der Waals surface area (Å²) in [6.45, 7) is 2.10. The maximum Gasteiger partial charge on any atom is 0.243 e. The van der Waals surface area contributed by atoms with E-state index in [4.69, 9.17) is 0 Å². The van der Waals surface area contributed by atoms with Crippen LogP contribution in [0.15, 0.2) is 0 Å². The summed E-state index contributed by atoms with van der Waals surface area (Å²) in [4.78, 5) is 26.3. The Hall–Kier alpha value is -0.710. The van der Waals surface area contributed by atoms with Crippen molar-refractivity contribution in [2.24, 2.45) is 0 Å². The molecule has 1 N–H and O–H groups in total. The number of hydrogen-bond acceptors (Lipinski definition) is 3. The van der Waals surface area contributed by atoms with Gasteiger partial charge in [-0.25, -0.2) is 0 Å². The summed E-state index contributed by atoms with van der Waals surface area (Å²) < 4.78 is 0. The molecule has 3 aliphatic rings. The summed E-state index contributed by atoms with van der Waals surface area (Å²) in [5.41, 5.74) is 0. The van der Waals surface area contributed by atoms with Crippen LogP contribution in [0.3, 0.4) is 0 Å². The molecule has 0 spiro atoms. The first-order valence-electron chi connectivity index (χ1n) is 7.87. The summed E-state index contributed by atoms with van der Waals surface area (Å²) in [5, 5.41) is 3.21. The molecule has 5 heteroatoms. The van der Waals surface area contributed by atoms with Gasteiger partial charge in [0.05, 0.1) is 4.87 Å². The van der Waals surface area contributed by atoms with Crippen LogP contribution < -0.4 is 5.32 Å². The molecule has 2 saturated heterocycles. The normalized spacial score (nSPS) is 35.0. The highest BCUT2D eigenvalue weighted by molar-refractivity contribution is 8.01. The Balaban J connectivity index is 1.64. The highest BCUT2D eigenvalue weighted by Gasteiger charge is 2.52. The van der Waals surface area contributed by atoms with Gasteiger partial charge in [-0.1, -0.05) is 25.7 Å². The molecule has 1 aliphatic carbocycles. The van der Waals surface area contributed by atoms with Crippen LogP contribution in [-0.4, -0.2) is 39.4 Å². The number of carbonyl (C=O) groups excluding carboxylic acids is 2. The zero-order valence-corrected chi connectivity index (χ0v) is 13.0. The van der Waals surface area contributed by atoms with Crippen molar-refractivity contribution in [1.29, 1.82) is 0 Å². The summed E-state index contributed by atoms with van der Waals surface area (Å²) in [7, 11) is 0. The minimum atomic E-state index is -0.247. The molecule has 4 nitrogen and oxygen atoms in total. The van der Waals surface area contributed by atoms with Gasteiger partial charge in [0.25, 0.3) is 0 Å². The minimum Gasteiger partial charge on any atom is -0.352 e. The lowest BCUT2D eigenvalue weighted by Crippen LogP contribution is -2.52. The maximum absolute atomic E-state index is 12.5. The van der Waals surface area contributed by atoms with E-state index in [9.17, 15) is 9.59 Å². The molecule has 0 bridgehead atoms. The SMILES string of the molecule is C[C@]12CCC(=O)N1[C@H](C(=O)NC1CCCCCC1)CS2. The van der Waals surface area contributed by atoms with Gasteiger partial charge >= 0.3 is 0 Å². The van der Waals surface area contributed by atoms with E-state index >= 15 is 0 Å². The molecule has 112 valence electrons. The lowest BCUT2D eigenvalue weighted by atomic mass is 10.1. The van der Waals surface area contributed by atoms with Crippen LogP contribution in [-0.2, 0) is 9.59 Å². The van der Waals surface area contributed by atoms with Crippen LogP contribution in [0.1, 0.15) is 58.3 Å². The van der Waals surface area contributed by atoms with E-state index in [1.165, 1.54) is 25.7 Å². The molecule has 0 unspecified atom stereocenters. The first-order valence-corrected chi connectivity index (χ1v) is 8.85. The van der Waals surface area contributed by atoms with E-state index in [1.807, 2.05) is 4.90 Å². The zero-order valence-electron chi connectivity index (χ0n) is 12.2. The van der Waals surface area contributed by atoms with Crippen LogP contribution in [0.5, 0.6) is 0 Å². The summed E-state index contributed by atoms with van der Waals surface area (Å²) >= 11 is 1.77. The fourth-order valence-corrected chi connectivity index (χ4v) is 5.17. The van der Waals surface area contributed by atoms with E-state index in [0.717, 1.165) is 25.0 Å². The molecule has 2 atom stereocenters. The van der Waals surface area contributed by atoms with Gasteiger partial charge in [-0.15, -0.1) is 11.8 Å². The Morgan fingerprint density at radius 2 is 2.00 bits per heavy atom. The molecule has 3 rings (SSSR count). The van der Waals surface area contributed by atoms with Crippen molar-refractivity contribution in [2.45, 2.75) is 75.2 Å². The zero-order chi connectivity index (χ0) is 14.2. The topological polar surface area (TPSA) is 49.4 Å². The average Bonchev–Trinajstić information content (AvgIpc) is 2.77. The maximum atomic E-state index is 12.5. The molecule has 2 amide bonds. The van der Waals surface area contributed by atoms with Crippen molar-refractivity contribution in [3.63, 3.8) is 0 Å². The molecular weight excluding hydrogens is 272 g/mol. The van der Waals surface area contributed by atoms with Gasteiger partial charge in [0.15, 0.2) is 0 Å². The van der Waals surface area contributed by atoms with Crippen molar-refractivity contribution in [2.75, 3.05) is 5.75 Å². The van der Waals surface area contributed by atoms with Crippen molar-refractivity contribution < 1.29 is 9.59 Å². The van der Waals surface area contributed by atoms with Crippen LogP contribution in [0.25, 0.3) is 0 Å². The molecule has 0 radical (unpaired) electrons. The first-order chi connectivity index (χ1) is 9.60. The largest absolute Gasteiger partial charge is 0.352 e. The van der Waals surface area contributed by atoms with E-state index in [-0.39, 0.29) is 22.7 Å². The van der Waals surface area contributed by atoms with Crippen LogP contribution in [0.4, 0.5) is 0 Å². The molecule has 0 aromatic rings. The molecule has 3 fully saturated rings. The van der Waals surface area contributed by atoms with Gasteiger partial charge in [-0.05, 0) is 26.2 Å². The van der Waals surface area contributed by atoms with Crippen molar-refractivity contribution in [3.8, 4) is 0 Å². The number of carbonyl (C=O) groups is 2. The Bertz CT molecular complexity index is 407. The van der Waals surface area contributed by atoms with Gasteiger partial charge in [0, 0.05) is 18.2 Å². The van der Waals surface area contributed by atoms with Crippen LogP contribution >= 0.6 is 11.8 Å². The van der Waals surface area contributed by atoms with E-state index in [0.29, 0.717) is 12.5 Å². The second-order valence-corrected chi connectivity index (χ2v) is 7.96. The molecule has 0 aromatic carbocycles. The van der Waals surface area contributed by atoms with Crippen molar-refractivity contribution in [1.82, 2.24) is 10.2 Å². The quantitative estimate of drug-likeness (QED) is 0.795. The highest BCUT2D eigenvalue weighted by atomic mass is 32.2. The Morgan fingerprint density at radius 3 is 2.70 bits per heavy atom. The number of fused-ring (bicyclic) bond motifs is 1. The Morgan fingerprint density at radius 1 is 1.30 bits per heavy atom. The summed E-state index contributed by atoms with van der Waals surface area (Å²) in [6, 6.07) is 0.0721.